The Morgan fingerprint density at radius 1 is 1.11 bits per heavy atom. The molecule has 1 aromatic heterocycles. The maximum absolute atomic E-state index is 12.6. The second kappa shape index (κ2) is 8.56. The van der Waals surface area contributed by atoms with E-state index in [1.165, 1.54) is 22.9 Å². The third kappa shape index (κ3) is 4.42. The molecule has 1 heterocycles. The molecule has 1 saturated carbocycles. The number of rotatable bonds is 8. The van der Waals surface area contributed by atoms with Crippen LogP contribution in [0.4, 0.5) is 0 Å². The van der Waals surface area contributed by atoms with Gasteiger partial charge in [-0.05, 0) is 41.3 Å². The highest BCUT2D eigenvalue weighted by molar-refractivity contribution is 7.99. The van der Waals surface area contributed by atoms with Gasteiger partial charge in [0.05, 0.1) is 11.8 Å². The van der Waals surface area contributed by atoms with E-state index in [0.29, 0.717) is 17.0 Å². The van der Waals surface area contributed by atoms with Gasteiger partial charge in [0.1, 0.15) is 0 Å². The molecule has 7 heteroatoms. The van der Waals surface area contributed by atoms with Crippen molar-refractivity contribution in [2.45, 2.75) is 42.9 Å². The lowest BCUT2D eigenvalue weighted by Crippen LogP contribution is -2.38. The third-order valence-corrected chi connectivity index (χ3v) is 5.83. The quantitative estimate of drug-likeness (QED) is 0.594. The molecule has 28 heavy (non-hydrogen) atoms. The largest absolute Gasteiger partial charge is 0.352 e. The van der Waals surface area contributed by atoms with E-state index in [2.05, 4.69) is 52.0 Å². The van der Waals surface area contributed by atoms with E-state index in [9.17, 15) is 4.79 Å². The summed E-state index contributed by atoms with van der Waals surface area (Å²) in [6.45, 7) is 2.06. The molecule has 0 aliphatic heterocycles. The van der Waals surface area contributed by atoms with E-state index in [-0.39, 0.29) is 17.9 Å². The summed E-state index contributed by atoms with van der Waals surface area (Å²) in [6.07, 6.45) is 2.22. The van der Waals surface area contributed by atoms with E-state index < -0.39 is 0 Å². The Labute approximate surface area is 168 Å². The SMILES string of the molecule is CC(NC(=O)CSc1nnnn1C1CC1)C(c1ccccc1)c1ccccc1. The number of nitrogens with one attached hydrogen (secondary N) is 1. The molecule has 1 N–H and O–H groups in total. The molecule has 0 saturated heterocycles. The highest BCUT2D eigenvalue weighted by Crippen LogP contribution is 2.36. The topological polar surface area (TPSA) is 72.7 Å². The molecule has 4 rings (SSSR count). The third-order valence-electron chi connectivity index (χ3n) is 4.89. The van der Waals surface area contributed by atoms with Crippen LogP contribution < -0.4 is 5.32 Å². The zero-order chi connectivity index (χ0) is 19.3. The van der Waals surface area contributed by atoms with E-state index in [4.69, 9.17) is 0 Å². The summed E-state index contributed by atoms with van der Waals surface area (Å²) < 4.78 is 1.83. The van der Waals surface area contributed by atoms with Crippen LogP contribution in [0.15, 0.2) is 65.8 Å². The number of amides is 1. The first kappa shape index (κ1) is 18.7. The van der Waals surface area contributed by atoms with Gasteiger partial charge < -0.3 is 5.32 Å². The number of hydrogen-bond donors (Lipinski definition) is 1. The molecule has 1 fully saturated rings. The van der Waals surface area contributed by atoms with Gasteiger partial charge in [0.25, 0.3) is 0 Å². The van der Waals surface area contributed by atoms with Gasteiger partial charge in [-0.2, -0.15) is 0 Å². The lowest BCUT2D eigenvalue weighted by Gasteiger charge is -2.26. The predicted molar refractivity (Wildman–Crippen MR) is 109 cm³/mol. The monoisotopic (exact) mass is 393 g/mol. The van der Waals surface area contributed by atoms with Crippen LogP contribution in [0.25, 0.3) is 0 Å². The van der Waals surface area contributed by atoms with Crippen LogP contribution in [0, 0.1) is 0 Å². The molecule has 1 aliphatic rings. The van der Waals surface area contributed by atoms with Crippen molar-refractivity contribution < 1.29 is 4.79 Å². The maximum Gasteiger partial charge on any atom is 0.230 e. The number of aromatic nitrogens is 4. The highest BCUT2D eigenvalue weighted by atomic mass is 32.2. The average molecular weight is 394 g/mol. The Hall–Kier alpha value is -2.67. The summed E-state index contributed by atoms with van der Waals surface area (Å²) in [6, 6.07) is 21.0. The van der Waals surface area contributed by atoms with Crippen LogP contribution in [-0.4, -0.2) is 37.9 Å². The standard InChI is InChI=1S/C21H23N5OS/c1-15(20(16-8-4-2-5-9-16)17-10-6-3-7-11-17)22-19(27)14-28-21-23-24-25-26(21)18-12-13-18/h2-11,15,18,20H,12-14H2,1H3,(H,22,27). The fraction of sp³-hybridized carbons (Fsp3) is 0.333. The molecule has 144 valence electrons. The first-order chi connectivity index (χ1) is 13.7. The van der Waals surface area contributed by atoms with Gasteiger partial charge in [0.2, 0.25) is 11.1 Å². The van der Waals surface area contributed by atoms with E-state index in [1.807, 2.05) is 41.1 Å². The minimum atomic E-state index is -0.0441. The predicted octanol–water partition coefficient (Wildman–Crippen LogP) is 3.44. The Kier molecular flexibility index (Phi) is 5.71. The summed E-state index contributed by atoms with van der Waals surface area (Å²) in [5, 5.41) is 15.7. The van der Waals surface area contributed by atoms with Gasteiger partial charge in [0.15, 0.2) is 0 Å². The van der Waals surface area contributed by atoms with Gasteiger partial charge in [0, 0.05) is 12.0 Å². The van der Waals surface area contributed by atoms with Crippen LogP contribution in [0.1, 0.15) is 42.9 Å². The van der Waals surface area contributed by atoms with Gasteiger partial charge in [-0.3, -0.25) is 4.79 Å². The van der Waals surface area contributed by atoms with Crippen molar-refractivity contribution in [3.63, 3.8) is 0 Å². The fourth-order valence-corrected chi connectivity index (χ4v) is 4.18. The number of carbonyl (C=O) groups is 1. The lowest BCUT2D eigenvalue weighted by molar-refractivity contribution is -0.119. The molecule has 1 amide bonds. The van der Waals surface area contributed by atoms with Gasteiger partial charge in [-0.25, -0.2) is 4.68 Å². The minimum absolute atomic E-state index is 0.0142. The molecule has 3 aromatic rings. The molecule has 6 nitrogen and oxygen atoms in total. The maximum atomic E-state index is 12.6. The molecule has 1 atom stereocenters. The van der Waals surface area contributed by atoms with E-state index in [1.54, 1.807) is 0 Å². The summed E-state index contributed by atoms with van der Waals surface area (Å²) in [7, 11) is 0. The van der Waals surface area contributed by atoms with Crippen LogP contribution in [0.3, 0.4) is 0 Å². The Bertz CT molecular complexity index is 871. The number of carbonyl (C=O) groups excluding carboxylic acids is 1. The first-order valence-corrected chi connectivity index (χ1v) is 10.5. The van der Waals surface area contributed by atoms with E-state index >= 15 is 0 Å². The number of benzene rings is 2. The molecular weight excluding hydrogens is 370 g/mol. The smallest absolute Gasteiger partial charge is 0.230 e. The Morgan fingerprint density at radius 2 is 1.71 bits per heavy atom. The minimum Gasteiger partial charge on any atom is -0.352 e. The number of nitrogens with zero attached hydrogens (tertiary/aromatic N) is 4. The van der Waals surface area contributed by atoms with Crippen LogP contribution >= 0.6 is 11.8 Å². The van der Waals surface area contributed by atoms with Crippen molar-refractivity contribution in [3.8, 4) is 0 Å². The van der Waals surface area contributed by atoms with Crippen LogP contribution in [-0.2, 0) is 4.79 Å². The van der Waals surface area contributed by atoms with Crippen molar-refractivity contribution in [2.75, 3.05) is 5.75 Å². The normalized spacial score (nSPS) is 14.8. The van der Waals surface area contributed by atoms with Crippen molar-refractivity contribution in [1.29, 1.82) is 0 Å². The highest BCUT2D eigenvalue weighted by Gasteiger charge is 2.28. The van der Waals surface area contributed by atoms with Gasteiger partial charge >= 0.3 is 0 Å². The number of thioether (sulfide) groups is 1. The zero-order valence-electron chi connectivity index (χ0n) is 15.7. The molecule has 0 radical (unpaired) electrons. The second-order valence-electron chi connectivity index (χ2n) is 7.08. The lowest BCUT2D eigenvalue weighted by atomic mass is 9.86. The molecule has 1 unspecified atom stereocenters. The molecule has 1 aliphatic carbocycles. The fourth-order valence-electron chi connectivity index (χ4n) is 3.43. The summed E-state index contributed by atoms with van der Waals surface area (Å²) >= 11 is 1.39. The van der Waals surface area contributed by atoms with Crippen molar-refractivity contribution in [2.24, 2.45) is 0 Å². The van der Waals surface area contributed by atoms with Crippen LogP contribution in [0.2, 0.25) is 0 Å². The first-order valence-electron chi connectivity index (χ1n) is 9.52. The molecule has 0 bridgehead atoms. The van der Waals surface area contributed by atoms with E-state index in [0.717, 1.165) is 12.8 Å². The van der Waals surface area contributed by atoms with Crippen molar-refractivity contribution >= 4 is 17.7 Å². The zero-order valence-corrected chi connectivity index (χ0v) is 16.5. The summed E-state index contributed by atoms with van der Waals surface area (Å²) in [5.74, 6) is 0.376. The Balaban J connectivity index is 1.43. The number of tetrazole rings is 1. The van der Waals surface area contributed by atoms with Gasteiger partial charge in [-0.15, -0.1) is 5.10 Å². The summed E-state index contributed by atoms with van der Waals surface area (Å²) in [4.78, 5) is 12.6. The Morgan fingerprint density at radius 3 is 2.29 bits per heavy atom. The van der Waals surface area contributed by atoms with Crippen molar-refractivity contribution in [1.82, 2.24) is 25.5 Å². The number of hydrogen-bond acceptors (Lipinski definition) is 5. The molecular formula is C21H23N5OS. The summed E-state index contributed by atoms with van der Waals surface area (Å²) in [5.41, 5.74) is 2.37. The van der Waals surface area contributed by atoms with Crippen LogP contribution in [0.5, 0.6) is 0 Å². The van der Waals surface area contributed by atoms with Crippen molar-refractivity contribution in [3.05, 3.63) is 71.8 Å². The second-order valence-corrected chi connectivity index (χ2v) is 8.02. The molecule has 2 aromatic carbocycles. The van der Waals surface area contributed by atoms with Gasteiger partial charge in [-0.1, -0.05) is 72.4 Å². The molecule has 0 spiro atoms. The average Bonchev–Trinajstić information content (AvgIpc) is 3.46.